The van der Waals surface area contributed by atoms with Gasteiger partial charge in [-0.3, -0.25) is 0 Å². The Bertz CT molecular complexity index is 570. The Morgan fingerprint density at radius 2 is 2.00 bits per heavy atom. The molecule has 0 saturated carbocycles. The second-order valence-corrected chi connectivity index (χ2v) is 5.61. The van der Waals surface area contributed by atoms with Gasteiger partial charge in [-0.05, 0) is 47.5 Å². The highest BCUT2D eigenvalue weighted by atomic mass is 79.9. The summed E-state index contributed by atoms with van der Waals surface area (Å²) < 4.78 is 1.88. The lowest BCUT2D eigenvalue weighted by Gasteiger charge is -2.08. The Morgan fingerprint density at radius 1 is 1.22 bits per heavy atom. The summed E-state index contributed by atoms with van der Waals surface area (Å²) >= 11 is 6.99. The predicted octanol–water partition coefficient (Wildman–Crippen LogP) is 4.41. The molecule has 0 radical (unpaired) electrons. The zero-order valence-electron chi connectivity index (χ0n) is 10.2. The van der Waals surface area contributed by atoms with Gasteiger partial charge in [-0.1, -0.05) is 22.0 Å². The highest BCUT2D eigenvalue weighted by Crippen LogP contribution is 2.29. The highest BCUT2D eigenvalue weighted by molar-refractivity contribution is 9.11. The van der Waals surface area contributed by atoms with Crippen LogP contribution in [0.3, 0.4) is 0 Å². The largest absolute Gasteiger partial charge is 0.369 e. The van der Waals surface area contributed by atoms with Crippen molar-refractivity contribution in [2.24, 2.45) is 0 Å². The minimum Gasteiger partial charge on any atom is -0.369 e. The number of nitrogens with one attached hydrogen (secondary N) is 1. The van der Waals surface area contributed by atoms with Gasteiger partial charge >= 0.3 is 0 Å². The van der Waals surface area contributed by atoms with E-state index in [1.165, 1.54) is 5.56 Å². The average molecular weight is 371 g/mol. The van der Waals surface area contributed by atoms with E-state index in [-0.39, 0.29) is 0 Å². The van der Waals surface area contributed by atoms with E-state index in [9.17, 15) is 0 Å². The van der Waals surface area contributed by atoms with Gasteiger partial charge in [0.1, 0.15) is 5.82 Å². The minimum absolute atomic E-state index is 0.709. The van der Waals surface area contributed by atoms with Crippen LogP contribution in [0.2, 0.25) is 0 Å². The van der Waals surface area contributed by atoms with Crippen LogP contribution in [0.4, 0.5) is 5.82 Å². The van der Waals surface area contributed by atoms with Crippen molar-refractivity contribution in [3.05, 3.63) is 38.9 Å². The predicted molar refractivity (Wildman–Crippen MR) is 81.8 cm³/mol. The number of aryl methyl sites for hydroxylation is 1. The lowest BCUT2D eigenvalue weighted by molar-refractivity contribution is 1.10. The molecule has 1 aromatic heterocycles. The number of benzene rings is 1. The maximum absolute atomic E-state index is 4.52. The molecule has 0 spiro atoms. The summed E-state index contributed by atoms with van der Waals surface area (Å²) in [5, 5.41) is 3.20. The van der Waals surface area contributed by atoms with Crippen LogP contribution in [0.15, 0.2) is 33.3 Å². The molecule has 0 bridgehead atoms. The summed E-state index contributed by atoms with van der Waals surface area (Å²) in [5.74, 6) is 1.52. The lowest BCUT2D eigenvalue weighted by atomic mass is 10.1. The number of aromatic nitrogens is 2. The molecule has 0 amide bonds. The molecule has 18 heavy (non-hydrogen) atoms. The van der Waals surface area contributed by atoms with Crippen molar-refractivity contribution < 1.29 is 0 Å². The first-order chi connectivity index (χ1) is 8.61. The van der Waals surface area contributed by atoms with E-state index in [0.29, 0.717) is 5.82 Å². The number of anilines is 1. The SMILES string of the molecule is CCNc1nc(-c2ccc(C)cc2Br)ncc1Br. The van der Waals surface area contributed by atoms with Crippen LogP contribution in [-0.4, -0.2) is 16.5 Å². The zero-order valence-corrected chi connectivity index (χ0v) is 13.3. The highest BCUT2D eigenvalue weighted by Gasteiger charge is 2.09. The summed E-state index contributed by atoms with van der Waals surface area (Å²) in [5.41, 5.74) is 2.20. The number of hydrogen-bond acceptors (Lipinski definition) is 3. The van der Waals surface area contributed by atoms with Gasteiger partial charge in [-0.25, -0.2) is 9.97 Å². The first-order valence-electron chi connectivity index (χ1n) is 5.64. The minimum atomic E-state index is 0.709. The molecule has 0 aliphatic rings. The fraction of sp³-hybridized carbons (Fsp3) is 0.231. The monoisotopic (exact) mass is 369 g/mol. The molecule has 2 aromatic rings. The van der Waals surface area contributed by atoms with Crippen molar-refractivity contribution in [3.63, 3.8) is 0 Å². The Morgan fingerprint density at radius 3 is 2.67 bits per heavy atom. The number of rotatable bonds is 3. The molecule has 3 nitrogen and oxygen atoms in total. The zero-order chi connectivity index (χ0) is 13.1. The van der Waals surface area contributed by atoms with Gasteiger partial charge in [0.25, 0.3) is 0 Å². The first kappa shape index (κ1) is 13.5. The Hall–Kier alpha value is -0.940. The number of hydrogen-bond donors (Lipinski definition) is 1. The molecule has 0 atom stereocenters. The molecule has 0 aliphatic heterocycles. The van der Waals surface area contributed by atoms with Gasteiger partial charge in [-0.2, -0.15) is 0 Å². The van der Waals surface area contributed by atoms with E-state index in [1.54, 1.807) is 6.20 Å². The quantitative estimate of drug-likeness (QED) is 0.869. The van der Waals surface area contributed by atoms with E-state index in [1.807, 2.05) is 13.0 Å². The summed E-state index contributed by atoms with van der Waals surface area (Å²) in [6.45, 7) is 4.92. The third kappa shape index (κ3) is 2.90. The van der Waals surface area contributed by atoms with Gasteiger partial charge in [0.2, 0.25) is 0 Å². The van der Waals surface area contributed by atoms with Gasteiger partial charge in [0.05, 0.1) is 4.47 Å². The third-order valence-electron chi connectivity index (χ3n) is 2.45. The molecule has 0 saturated heterocycles. The Labute approximate surface area is 123 Å². The van der Waals surface area contributed by atoms with Gasteiger partial charge < -0.3 is 5.32 Å². The van der Waals surface area contributed by atoms with Crippen molar-refractivity contribution in [2.45, 2.75) is 13.8 Å². The second kappa shape index (κ2) is 5.80. The summed E-state index contributed by atoms with van der Waals surface area (Å²) in [6.07, 6.45) is 1.77. The fourth-order valence-electron chi connectivity index (χ4n) is 1.59. The smallest absolute Gasteiger partial charge is 0.162 e. The van der Waals surface area contributed by atoms with Crippen molar-refractivity contribution >= 4 is 37.7 Å². The third-order valence-corrected chi connectivity index (χ3v) is 3.69. The van der Waals surface area contributed by atoms with Crippen LogP contribution in [0.25, 0.3) is 11.4 Å². The molecule has 5 heteroatoms. The number of nitrogens with zero attached hydrogens (tertiary/aromatic N) is 2. The fourth-order valence-corrected chi connectivity index (χ4v) is 2.59. The van der Waals surface area contributed by atoms with Crippen LogP contribution in [-0.2, 0) is 0 Å². The first-order valence-corrected chi connectivity index (χ1v) is 7.23. The molecule has 1 aromatic carbocycles. The van der Waals surface area contributed by atoms with Crippen molar-refractivity contribution in [3.8, 4) is 11.4 Å². The van der Waals surface area contributed by atoms with E-state index >= 15 is 0 Å². The molecule has 94 valence electrons. The average Bonchev–Trinajstić information content (AvgIpc) is 2.33. The molecule has 1 N–H and O–H groups in total. The second-order valence-electron chi connectivity index (χ2n) is 3.90. The van der Waals surface area contributed by atoms with E-state index in [0.717, 1.165) is 26.9 Å². The molecule has 0 aliphatic carbocycles. The lowest BCUT2D eigenvalue weighted by Crippen LogP contribution is -2.02. The Kier molecular flexibility index (Phi) is 4.35. The topological polar surface area (TPSA) is 37.8 Å². The van der Waals surface area contributed by atoms with Crippen molar-refractivity contribution in [1.82, 2.24) is 9.97 Å². The van der Waals surface area contributed by atoms with Crippen LogP contribution in [0, 0.1) is 6.92 Å². The standard InChI is InChI=1S/C13H13Br2N3/c1-3-16-13-11(15)7-17-12(18-13)9-5-4-8(2)6-10(9)14/h4-7H,3H2,1-2H3,(H,16,17,18). The summed E-state index contributed by atoms with van der Waals surface area (Å²) in [7, 11) is 0. The molecular formula is C13H13Br2N3. The Balaban J connectivity index is 2.47. The van der Waals surface area contributed by atoms with E-state index in [4.69, 9.17) is 0 Å². The normalized spacial score (nSPS) is 10.4. The molecular weight excluding hydrogens is 358 g/mol. The maximum Gasteiger partial charge on any atom is 0.162 e. The van der Waals surface area contributed by atoms with Gasteiger partial charge in [0, 0.05) is 22.8 Å². The van der Waals surface area contributed by atoms with Crippen LogP contribution < -0.4 is 5.32 Å². The van der Waals surface area contributed by atoms with E-state index in [2.05, 4.69) is 66.2 Å². The van der Waals surface area contributed by atoms with Gasteiger partial charge in [0.15, 0.2) is 5.82 Å². The number of halogens is 2. The van der Waals surface area contributed by atoms with Crippen molar-refractivity contribution in [2.75, 3.05) is 11.9 Å². The van der Waals surface area contributed by atoms with Crippen LogP contribution in [0.5, 0.6) is 0 Å². The summed E-state index contributed by atoms with van der Waals surface area (Å²) in [6, 6.07) is 6.14. The van der Waals surface area contributed by atoms with E-state index < -0.39 is 0 Å². The van der Waals surface area contributed by atoms with Crippen LogP contribution in [0.1, 0.15) is 12.5 Å². The molecule has 2 rings (SSSR count). The summed E-state index contributed by atoms with van der Waals surface area (Å²) in [4.78, 5) is 8.88. The van der Waals surface area contributed by atoms with Crippen molar-refractivity contribution in [1.29, 1.82) is 0 Å². The molecule has 0 unspecified atom stereocenters. The molecule has 1 heterocycles. The molecule has 0 fully saturated rings. The maximum atomic E-state index is 4.52. The van der Waals surface area contributed by atoms with Crippen LogP contribution >= 0.6 is 31.9 Å². The van der Waals surface area contributed by atoms with Gasteiger partial charge in [-0.15, -0.1) is 0 Å².